The molecule has 4 heteroatoms. The number of nitrogens with two attached hydrogens (primary N) is 1. The number of unbranched alkanes of at least 4 members (excludes halogenated alkanes) is 2. The number of thiazole rings is 1. The van der Waals surface area contributed by atoms with Gasteiger partial charge in [0.15, 0.2) is 5.13 Å². The Morgan fingerprint density at radius 1 is 1.40 bits per heavy atom. The van der Waals surface area contributed by atoms with Gasteiger partial charge in [-0.1, -0.05) is 13.3 Å². The third kappa shape index (κ3) is 4.18. The zero-order valence-corrected chi connectivity index (χ0v) is 10.5. The summed E-state index contributed by atoms with van der Waals surface area (Å²) in [6.45, 7) is 4.03. The van der Waals surface area contributed by atoms with Gasteiger partial charge in [-0.15, -0.1) is 11.3 Å². The van der Waals surface area contributed by atoms with Crippen molar-refractivity contribution < 1.29 is 0 Å². The van der Waals surface area contributed by atoms with Crippen LogP contribution >= 0.6 is 11.3 Å². The summed E-state index contributed by atoms with van der Waals surface area (Å²) in [7, 11) is 2.11. The Balaban J connectivity index is 2.29. The van der Waals surface area contributed by atoms with E-state index in [0.717, 1.165) is 31.1 Å². The number of rotatable bonds is 7. The van der Waals surface area contributed by atoms with Gasteiger partial charge in [0, 0.05) is 19.0 Å². The van der Waals surface area contributed by atoms with E-state index in [9.17, 15) is 0 Å². The predicted octanol–water partition coefficient (Wildman–Crippen LogP) is 2.27. The highest BCUT2D eigenvalue weighted by Crippen LogP contribution is 2.19. The lowest BCUT2D eigenvalue weighted by Crippen LogP contribution is -2.18. The van der Waals surface area contributed by atoms with Gasteiger partial charge in [0.2, 0.25) is 0 Å². The molecule has 0 saturated carbocycles. The highest BCUT2D eigenvalue weighted by molar-refractivity contribution is 7.13. The summed E-state index contributed by atoms with van der Waals surface area (Å²) < 4.78 is 0. The minimum Gasteiger partial charge on any atom is -0.351 e. The fraction of sp³-hybridized carbons (Fsp3) is 0.727. The Morgan fingerprint density at radius 3 is 2.80 bits per heavy atom. The number of hydrogen-bond donors (Lipinski definition) is 1. The number of anilines is 1. The maximum absolute atomic E-state index is 5.45. The largest absolute Gasteiger partial charge is 0.351 e. The smallest absolute Gasteiger partial charge is 0.185 e. The van der Waals surface area contributed by atoms with Crippen LogP contribution in [0.2, 0.25) is 0 Å². The molecule has 0 bridgehead atoms. The van der Waals surface area contributed by atoms with Gasteiger partial charge in [-0.3, -0.25) is 0 Å². The fourth-order valence-electron chi connectivity index (χ4n) is 1.40. The van der Waals surface area contributed by atoms with E-state index < -0.39 is 0 Å². The molecule has 0 aliphatic rings. The van der Waals surface area contributed by atoms with Gasteiger partial charge >= 0.3 is 0 Å². The average Bonchev–Trinajstić information content (AvgIpc) is 2.72. The second-order valence-electron chi connectivity index (χ2n) is 3.75. The van der Waals surface area contributed by atoms with E-state index in [0.29, 0.717) is 0 Å². The van der Waals surface area contributed by atoms with E-state index in [1.165, 1.54) is 18.5 Å². The number of aryl methyl sites for hydroxylation is 1. The molecule has 3 nitrogen and oxygen atoms in total. The lowest BCUT2D eigenvalue weighted by atomic mass is 10.2. The van der Waals surface area contributed by atoms with E-state index in [1.54, 1.807) is 11.3 Å². The fourth-order valence-corrected chi connectivity index (χ4v) is 2.30. The molecule has 0 atom stereocenters. The van der Waals surface area contributed by atoms with Crippen LogP contribution in [0.15, 0.2) is 5.38 Å². The van der Waals surface area contributed by atoms with Gasteiger partial charge in [0.1, 0.15) is 0 Å². The molecule has 1 heterocycles. The van der Waals surface area contributed by atoms with Crippen molar-refractivity contribution in [1.82, 2.24) is 4.98 Å². The molecule has 86 valence electrons. The lowest BCUT2D eigenvalue weighted by Gasteiger charge is -2.15. The van der Waals surface area contributed by atoms with Gasteiger partial charge in [-0.2, -0.15) is 0 Å². The molecule has 0 radical (unpaired) electrons. The summed E-state index contributed by atoms with van der Waals surface area (Å²) in [5, 5.41) is 3.28. The van der Waals surface area contributed by atoms with Crippen LogP contribution in [-0.4, -0.2) is 25.1 Å². The Kier molecular flexibility index (Phi) is 5.65. The summed E-state index contributed by atoms with van der Waals surface area (Å²) in [5.74, 6) is 0. The molecule has 15 heavy (non-hydrogen) atoms. The van der Waals surface area contributed by atoms with Crippen molar-refractivity contribution in [2.45, 2.75) is 32.6 Å². The van der Waals surface area contributed by atoms with Crippen LogP contribution in [0.5, 0.6) is 0 Å². The van der Waals surface area contributed by atoms with E-state index in [2.05, 4.69) is 29.2 Å². The molecule has 0 saturated heterocycles. The lowest BCUT2D eigenvalue weighted by molar-refractivity contribution is 0.678. The number of nitrogens with zero attached hydrogens (tertiary/aromatic N) is 2. The van der Waals surface area contributed by atoms with Crippen LogP contribution in [-0.2, 0) is 6.42 Å². The van der Waals surface area contributed by atoms with Gasteiger partial charge in [-0.05, 0) is 25.8 Å². The number of aromatic nitrogens is 1. The van der Waals surface area contributed by atoms with Gasteiger partial charge in [-0.25, -0.2) is 4.98 Å². The van der Waals surface area contributed by atoms with Gasteiger partial charge in [0.25, 0.3) is 0 Å². The van der Waals surface area contributed by atoms with Crippen molar-refractivity contribution in [2.24, 2.45) is 5.73 Å². The molecule has 0 unspecified atom stereocenters. The highest BCUT2D eigenvalue weighted by atomic mass is 32.1. The first-order valence-corrected chi connectivity index (χ1v) is 6.51. The predicted molar refractivity (Wildman–Crippen MR) is 67.7 cm³/mol. The van der Waals surface area contributed by atoms with E-state index in [1.807, 2.05) is 0 Å². The summed E-state index contributed by atoms with van der Waals surface area (Å²) in [6.07, 6.45) is 4.57. The minimum absolute atomic E-state index is 0.806. The molecule has 1 rings (SSSR count). The average molecular weight is 227 g/mol. The molecule has 0 fully saturated rings. The van der Waals surface area contributed by atoms with E-state index in [-0.39, 0.29) is 0 Å². The summed E-state index contributed by atoms with van der Waals surface area (Å²) in [6, 6.07) is 0. The summed E-state index contributed by atoms with van der Waals surface area (Å²) in [4.78, 5) is 6.78. The van der Waals surface area contributed by atoms with Crippen molar-refractivity contribution in [3.05, 3.63) is 11.1 Å². The van der Waals surface area contributed by atoms with Crippen molar-refractivity contribution >= 4 is 16.5 Å². The normalized spacial score (nSPS) is 10.6. The zero-order valence-electron chi connectivity index (χ0n) is 9.70. The summed E-state index contributed by atoms with van der Waals surface area (Å²) >= 11 is 1.74. The zero-order chi connectivity index (χ0) is 11.1. The first-order valence-electron chi connectivity index (χ1n) is 5.63. The topological polar surface area (TPSA) is 42.1 Å². The molecular formula is C11H21N3S. The molecule has 0 spiro atoms. The third-order valence-corrected chi connectivity index (χ3v) is 3.43. The quantitative estimate of drug-likeness (QED) is 0.727. The van der Waals surface area contributed by atoms with Crippen LogP contribution < -0.4 is 10.6 Å². The molecule has 1 aromatic heterocycles. The Labute approximate surface area is 96.3 Å². The SMILES string of the molecule is CCc1csc(N(C)CCCCCN)n1. The maximum atomic E-state index is 5.45. The van der Waals surface area contributed by atoms with Crippen molar-refractivity contribution in [2.75, 3.05) is 25.0 Å². The second-order valence-corrected chi connectivity index (χ2v) is 4.58. The van der Waals surface area contributed by atoms with Gasteiger partial charge in [0.05, 0.1) is 5.69 Å². The molecule has 2 N–H and O–H groups in total. The first-order chi connectivity index (χ1) is 7.27. The molecule has 0 aromatic carbocycles. The summed E-state index contributed by atoms with van der Waals surface area (Å²) in [5.41, 5.74) is 6.65. The van der Waals surface area contributed by atoms with Crippen molar-refractivity contribution in [3.63, 3.8) is 0 Å². The van der Waals surface area contributed by atoms with Crippen molar-refractivity contribution in [1.29, 1.82) is 0 Å². The Morgan fingerprint density at radius 2 is 2.20 bits per heavy atom. The molecular weight excluding hydrogens is 206 g/mol. The maximum Gasteiger partial charge on any atom is 0.185 e. The molecule has 1 aromatic rings. The minimum atomic E-state index is 0.806. The van der Waals surface area contributed by atoms with E-state index >= 15 is 0 Å². The van der Waals surface area contributed by atoms with Crippen LogP contribution in [0.4, 0.5) is 5.13 Å². The highest BCUT2D eigenvalue weighted by Gasteiger charge is 2.05. The first kappa shape index (κ1) is 12.5. The molecule has 0 aliphatic carbocycles. The van der Waals surface area contributed by atoms with Crippen molar-refractivity contribution in [3.8, 4) is 0 Å². The van der Waals surface area contributed by atoms with Crippen LogP contribution in [0, 0.1) is 0 Å². The Hall–Kier alpha value is -0.610. The molecule has 0 amide bonds. The van der Waals surface area contributed by atoms with Crippen LogP contribution in [0.25, 0.3) is 0 Å². The van der Waals surface area contributed by atoms with Crippen LogP contribution in [0.3, 0.4) is 0 Å². The monoisotopic (exact) mass is 227 g/mol. The van der Waals surface area contributed by atoms with Crippen LogP contribution in [0.1, 0.15) is 31.9 Å². The standard InChI is InChI=1S/C11H21N3S/c1-3-10-9-15-11(13-10)14(2)8-6-4-5-7-12/h9H,3-8,12H2,1-2H3. The second kappa shape index (κ2) is 6.80. The number of hydrogen-bond acceptors (Lipinski definition) is 4. The Bertz CT molecular complexity index is 273. The van der Waals surface area contributed by atoms with E-state index in [4.69, 9.17) is 5.73 Å². The van der Waals surface area contributed by atoms with Gasteiger partial charge < -0.3 is 10.6 Å². The molecule has 0 aliphatic heterocycles. The third-order valence-electron chi connectivity index (χ3n) is 2.43.